The number of fused-ring (bicyclic) bond motifs is 1. The van der Waals surface area contributed by atoms with Crippen molar-refractivity contribution in [2.75, 3.05) is 0 Å². The molecule has 0 aliphatic carbocycles. The molecule has 0 saturated carbocycles. The first-order chi connectivity index (χ1) is 10.1. The van der Waals surface area contributed by atoms with Crippen LogP contribution in [0.3, 0.4) is 0 Å². The van der Waals surface area contributed by atoms with Crippen LogP contribution in [-0.4, -0.2) is 9.55 Å². The lowest BCUT2D eigenvalue weighted by atomic mass is 10.2. The lowest BCUT2D eigenvalue weighted by Crippen LogP contribution is -2.22. The van der Waals surface area contributed by atoms with E-state index in [1.165, 1.54) is 29.1 Å². The fraction of sp³-hybridized carbons (Fsp3) is 0.0667. The summed E-state index contributed by atoms with van der Waals surface area (Å²) in [5.41, 5.74) is 0.0956. The van der Waals surface area contributed by atoms with Crippen LogP contribution in [0.1, 0.15) is 5.56 Å². The number of halogens is 3. The van der Waals surface area contributed by atoms with Crippen molar-refractivity contribution in [2.24, 2.45) is 0 Å². The third-order valence-corrected chi connectivity index (χ3v) is 3.85. The molecule has 0 N–H and O–H groups in total. The van der Waals surface area contributed by atoms with E-state index in [0.29, 0.717) is 10.9 Å². The van der Waals surface area contributed by atoms with Crippen LogP contribution in [0.25, 0.3) is 10.9 Å². The Morgan fingerprint density at radius 2 is 1.86 bits per heavy atom. The van der Waals surface area contributed by atoms with E-state index in [1.54, 1.807) is 12.1 Å². The minimum absolute atomic E-state index is 0.147. The first-order valence-electron chi connectivity index (χ1n) is 6.14. The van der Waals surface area contributed by atoms with Crippen LogP contribution >= 0.6 is 22.6 Å². The summed E-state index contributed by atoms with van der Waals surface area (Å²) in [7, 11) is 0. The summed E-state index contributed by atoms with van der Waals surface area (Å²) in [6.45, 7) is -0.189. The smallest absolute Gasteiger partial charge is 0.261 e. The lowest BCUT2D eigenvalue weighted by molar-refractivity contribution is 0.541. The van der Waals surface area contributed by atoms with Gasteiger partial charge in [-0.1, -0.05) is 6.07 Å². The molecule has 106 valence electrons. The maximum absolute atomic E-state index is 13.7. The molecule has 0 atom stereocenters. The number of hydrogen-bond acceptors (Lipinski definition) is 2. The zero-order valence-electron chi connectivity index (χ0n) is 10.7. The van der Waals surface area contributed by atoms with E-state index >= 15 is 0 Å². The van der Waals surface area contributed by atoms with Crippen LogP contribution in [0.5, 0.6) is 0 Å². The molecule has 3 nitrogen and oxygen atoms in total. The van der Waals surface area contributed by atoms with E-state index < -0.39 is 11.6 Å². The molecular weight excluding hydrogens is 389 g/mol. The summed E-state index contributed by atoms with van der Waals surface area (Å²) >= 11 is 2.09. The second-order valence-corrected chi connectivity index (χ2v) is 5.78. The second kappa shape index (κ2) is 5.51. The van der Waals surface area contributed by atoms with Gasteiger partial charge in [-0.25, -0.2) is 13.8 Å². The van der Waals surface area contributed by atoms with E-state index in [1.807, 2.05) is 6.07 Å². The molecule has 21 heavy (non-hydrogen) atoms. The highest BCUT2D eigenvalue weighted by Gasteiger charge is 2.11. The van der Waals surface area contributed by atoms with E-state index in [0.717, 1.165) is 3.57 Å². The number of aromatic nitrogens is 2. The quantitative estimate of drug-likeness (QED) is 0.621. The van der Waals surface area contributed by atoms with Crippen molar-refractivity contribution in [3.05, 3.63) is 73.8 Å². The van der Waals surface area contributed by atoms with Crippen molar-refractivity contribution in [1.82, 2.24) is 9.55 Å². The Morgan fingerprint density at radius 3 is 2.57 bits per heavy atom. The molecule has 0 saturated heterocycles. The molecule has 0 radical (unpaired) electrons. The SMILES string of the molecule is O=c1c2cc(I)ccc2ncn1Cc1c(F)cccc1F. The number of rotatable bonds is 2. The van der Waals surface area contributed by atoms with Crippen LogP contribution in [0.15, 0.2) is 47.5 Å². The molecule has 0 spiro atoms. The molecule has 0 unspecified atom stereocenters. The summed E-state index contributed by atoms with van der Waals surface area (Å²) in [5, 5.41) is 0.432. The van der Waals surface area contributed by atoms with Crippen molar-refractivity contribution in [3.63, 3.8) is 0 Å². The Hall–Kier alpha value is -1.83. The van der Waals surface area contributed by atoms with Gasteiger partial charge < -0.3 is 0 Å². The summed E-state index contributed by atoms with van der Waals surface area (Å²) < 4.78 is 29.4. The third kappa shape index (κ3) is 2.67. The fourth-order valence-electron chi connectivity index (χ4n) is 2.10. The Balaban J connectivity index is 2.14. The van der Waals surface area contributed by atoms with Crippen molar-refractivity contribution in [1.29, 1.82) is 0 Å². The number of nitrogens with zero attached hydrogens (tertiary/aromatic N) is 2. The van der Waals surface area contributed by atoms with Gasteiger partial charge in [-0.2, -0.15) is 0 Å². The molecule has 3 rings (SSSR count). The molecular formula is C15H9F2IN2O. The van der Waals surface area contributed by atoms with Gasteiger partial charge in [-0.3, -0.25) is 9.36 Å². The van der Waals surface area contributed by atoms with Gasteiger partial charge >= 0.3 is 0 Å². The molecule has 1 aromatic heterocycles. The molecule has 2 aromatic carbocycles. The van der Waals surface area contributed by atoms with Gasteiger partial charge in [0.25, 0.3) is 5.56 Å². The van der Waals surface area contributed by atoms with E-state index in [-0.39, 0.29) is 17.7 Å². The molecule has 0 aliphatic heterocycles. The highest BCUT2D eigenvalue weighted by Crippen LogP contribution is 2.15. The lowest BCUT2D eigenvalue weighted by Gasteiger charge is -2.08. The van der Waals surface area contributed by atoms with Gasteiger partial charge in [0.15, 0.2) is 0 Å². The largest absolute Gasteiger partial charge is 0.294 e. The van der Waals surface area contributed by atoms with Gasteiger partial charge in [0.1, 0.15) is 11.6 Å². The minimum atomic E-state index is -0.676. The molecule has 0 amide bonds. The Kier molecular flexibility index (Phi) is 3.71. The zero-order chi connectivity index (χ0) is 15.0. The second-order valence-electron chi connectivity index (χ2n) is 4.54. The average Bonchev–Trinajstić information content (AvgIpc) is 2.46. The highest BCUT2D eigenvalue weighted by molar-refractivity contribution is 14.1. The average molecular weight is 398 g/mol. The van der Waals surface area contributed by atoms with Crippen LogP contribution in [0, 0.1) is 15.2 Å². The van der Waals surface area contributed by atoms with Crippen molar-refractivity contribution in [2.45, 2.75) is 6.54 Å². The van der Waals surface area contributed by atoms with Crippen LogP contribution in [0.4, 0.5) is 8.78 Å². The van der Waals surface area contributed by atoms with Crippen LogP contribution in [-0.2, 0) is 6.54 Å². The van der Waals surface area contributed by atoms with Gasteiger partial charge in [0, 0.05) is 9.13 Å². The normalized spacial score (nSPS) is 11.0. The molecule has 1 heterocycles. The van der Waals surface area contributed by atoms with Crippen LogP contribution < -0.4 is 5.56 Å². The van der Waals surface area contributed by atoms with Crippen molar-refractivity contribution in [3.8, 4) is 0 Å². The molecule has 0 bridgehead atoms. The first-order valence-corrected chi connectivity index (χ1v) is 7.22. The summed E-state index contributed by atoms with van der Waals surface area (Å²) in [6, 6.07) is 8.92. The number of benzene rings is 2. The Labute approximate surface area is 132 Å². The Bertz CT molecular complexity index is 872. The molecule has 0 fully saturated rings. The zero-order valence-corrected chi connectivity index (χ0v) is 12.8. The minimum Gasteiger partial charge on any atom is -0.294 e. The van der Waals surface area contributed by atoms with Crippen molar-refractivity contribution < 1.29 is 8.78 Å². The van der Waals surface area contributed by atoms with Gasteiger partial charge in [-0.15, -0.1) is 0 Å². The summed E-state index contributed by atoms with van der Waals surface area (Å²) in [4.78, 5) is 16.5. The maximum Gasteiger partial charge on any atom is 0.261 e. The summed E-state index contributed by atoms with van der Waals surface area (Å²) in [5.74, 6) is -1.35. The molecule has 6 heteroatoms. The van der Waals surface area contributed by atoms with E-state index in [2.05, 4.69) is 27.6 Å². The van der Waals surface area contributed by atoms with Gasteiger partial charge in [0.05, 0.1) is 23.8 Å². The van der Waals surface area contributed by atoms with Gasteiger partial charge in [-0.05, 0) is 52.9 Å². The number of hydrogen-bond donors (Lipinski definition) is 0. The maximum atomic E-state index is 13.7. The topological polar surface area (TPSA) is 34.9 Å². The van der Waals surface area contributed by atoms with E-state index in [9.17, 15) is 13.6 Å². The predicted octanol–water partition coefficient (Wildman–Crippen LogP) is 3.33. The summed E-state index contributed by atoms with van der Waals surface area (Å²) in [6.07, 6.45) is 1.31. The van der Waals surface area contributed by atoms with E-state index in [4.69, 9.17) is 0 Å². The first kappa shape index (κ1) is 14.1. The van der Waals surface area contributed by atoms with Crippen molar-refractivity contribution >= 4 is 33.5 Å². The third-order valence-electron chi connectivity index (χ3n) is 3.18. The standard InChI is InChI=1S/C15H9F2IN2O/c16-12-2-1-3-13(17)11(12)7-20-8-19-14-5-4-9(18)6-10(14)15(20)21/h1-6,8H,7H2. The van der Waals surface area contributed by atoms with Crippen LogP contribution in [0.2, 0.25) is 0 Å². The van der Waals surface area contributed by atoms with Gasteiger partial charge in [0.2, 0.25) is 0 Å². The molecule has 0 aliphatic rings. The fourth-order valence-corrected chi connectivity index (χ4v) is 2.59. The monoisotopic (exact) mass is 398 g/mol. The Morgan fingerprint density at radius 1 is 1.14 bits per heavy atom. The molecule has 3 aromatic rings. The predicted molar refractivity (Wildman–Crippen MR) is 84.2 cm³/mol. The highest BCUT2D eigenvalue weighted by atomic mass is 127.